The van der Waals surface area contributed by atoms with Gasteiger partial charge >= 0.3 is 13.1 Å². The number of fused-ring (bicyclic) bond motifs is 1. The van der Waals surface area contributed by atoms with Crippen molar-refractivity contribution in [3.05, 3.63) is 36.4 Å². The van der Waals surface area contributed by atoms with Crippen LogP contribution in [0.1, 0.15) is 71.5 Å². The molecule has 0 radical (unpaired) electrons. The zero-order valence-corrected chi connectivity index (χ0v) is 26.4. The number of aliphatic hydroxyl groups excluding tert-OH is 1. The fourth-order valence-electron chi connectivity index (χ4n) is 9.19. The highest BCUT2D eigenvalue weighted by atomic mass is 32.2. The number of carbonyl (C=O) groups is 2. The molecule has 0 spiro atoms. The molecule has 3 fully saturated rings. The van der Waals surface area contributed by atoms with Crippen LogP contribution in [0.5, 0.6) is 5.75 Å². The molecule has 10 nitrogen and oxygen atoms in total. The van der Waals surface area contributed by atoms with Crippen molar-refractivity contribution in [1.29, 1.82) is 0 Å². The van der Waals surface area contributed by atoms with Crippen molar-refractivity contribution in [3.8, 4) is 5.75 Å². The lowest BCUT2D eigenvalue weighted by molar-refractivity contribution is -0.193. The van der Waals surface area contributed by atoms with Gasteiger partial charge in [-0.15, -0.1) is 6.58 Å². The summed E-state index contributed by atoms with van der Waals surface area (Å²) in [5.41, 5.74) is -1.06. The highest BCUT2D eigenvalue weighted by molar-refractivity contribution is 7.88. The van der Waals surface area contributed by atoms with Crippen LogP contribution in [-0.4, -0.2) is 67.5 Å². The van der Waals surface area contributed by atoms with E-state index in [1.807, 2.05) is 13.8 Å². The van der Waals surface area contributed by atoms with Gasteiger partial charge in [0.05, 0.1) is 18.5 Å². The van der Waals surface area contributed by atoms with Crippen molar-refractivity contribution in [2.75, 3.05) is 12.8 Å². The van der Waals surface area contributed by atoms with Crippen molar-refractivity contribution in [3.63, 3.8) is 0 Å². The van der Waals surface area contributed by atoms with Crippen molar-refractivity contribution in [2.45, 2.75) is 78.1 Å². The van der Waals surface area contributed by atoms with Gasteiger partial charge in [0.1, 0.15) is 11.5 Å². The summed E-state index contributed by atoms with van der Waals surface area (Å²) in [7, 11) is -4.83. The summed E-state index contributed by atoms with van der Waals surface area (Å²) in [6, 6.07) is 4.76. The number of carboxylic acids is 1. The number of sulfonamides is 1. The fourth-order valence-corrected chi connectivity index (χ4v) is 9.64. The molecule has 0 amide bonds. The van der Waals surface area contributed by atoms with Gasteiger partial charge in [0.25, 0.3) is 0 Å². The number of rotatable bonds is 8. The van der Waals surface area contributed by atoms with E-state index in [2.05, 4.69) is 25.1 Å². The third-order valence-corrected chi connectivity index (χ3v) is 12.5. The Kier molecular flexibility index (Phi) is 8.21. The molecule has 3 aliphatic carbocycles. The number of ketones is 1. The molecule has 1 aromatic rings. The minimum Gasteiger partial charge on any atom is -0.478 e. The van der Waals surface area contributed by atoms with Crippen molar-refractivity contribution in [1.82, 2.24) is 4.72 Å². The Hall–Kier alpha value is -2.25. The molecular weight excluding hydrogens is 573 g/mol. The molecule has 4 N–H and O–H groups in total. The number of carbonyl (C=O) groups excluding carboxylic acids is 1. The zero-order chi connectivity index (χ0) is 31.7. The lowest BCUT2D eigenvalue weighted by Crippen LogP contribution is -2.63. The van der Waals surface area contributed by atoms with Crippen LogP contribution in [0, 0.1) is 39.9 Å². The first-order valence-electron chi connectivity index (χ1n) is 15.1. The van der Waals surface area contributed by atoms with Crippen molar-refractivity contribution < 1.29 is 42.6 Å². The van der Waals surface area contributed by atoms with E-state index in [0.717, 1.165) is 19.1 Å². The number of nitrogens with one attached hydrogen (secondary N) is 1. The Labute approximate surface area is 254 Å². The number of ether oxygens (including phenoxy) is 1. The van der Waals surface area contributed by atoms with Crippen LogP contribution in [0.4, 0.5) is 0 Å². The van der Waals surface area contributed by atoms with E-state index in [1.165, 1.54) is 6.07 Å². The second-order valence-corrected chi connectivity index (χ2v) is 15.8. The molecule has 1 aliphatic heterocycles. The number of Topliss-reactive ketones (excluding diaryl/α,β-unsaturated/α-hetero) is 1. The Morgan fingerprint density at radius 2 is 2.00 bits per heavy atom. The molecule has 1 heterocycles. The Morgan fingerprint density at radius 3 is 2.63 bits per heavy atom. The number of hydrogen-bond donors (Lipinski definition) is 4. The van der Waals surface area contributed by atoms with E-state index in [1.54, 1.807) is 18.2 Å². The van der Waals surface area contributed by atoms with Gasteiger partial charge in [-0.1, -0.05) is 39.8 Å². The summed E-state index contributed by atoms with van der Waals surface area (Å²) in [6.45, 7) is 12.1. The molecule has 2 bridgehead atoms. The van der Waals surface area contributed by atoms with Crippen LogP contribution < -0.4 is 14.9 Å². The summed E-state index contributed by atoms with van der Waals surface area (Å²) >= 11 is 0. The van der Waals surface area contributed by atoms with Gasteiger partial charge in [0.2, 0.25) is 10.0 Å². The molecule has 5 rings (SSSR count). The number of hydrogen-bond acceptors (Lipinski definition) is 8. The smallest absolute Gasteiger partial charge is 0.478 e. The minimum absolute atomic E-state index is 0.0259. The molecule has 4 aliphatic rings. The molecule has 12 heteroatoms. The third kappa shape index (κ3) is 5.16. The first-order valence-corrected chi connectivity index (χ1v) is 17.0. The summed E-state index contributed by atoms with van der Waals surface area (Å²) in [5.74, 6) is -2.05. The zero-order valence-electron chi connectivity index (χ0n) is 25.6. The van der Waals surface area contributed by atoms with Crippen LogP contribution in [0.3, 0.4) is 0 Å². The fraction of sp³-hybridized carbons (Fsp3) is 0.677. The second kappa shape index (κ2) is 11.0. The first kappa shape index (κ1) is 32.2. The molecule has 0 aromatic heterocycles. The van der Waals surface area contributed by atoms with Crippen LogP contribution in [0.25, 0.3) is 0 Å². The topological polar surface area (TPSA) is 159 Å². The van der Waals surface area contributed by atoms with E-state index in [-0.39, 0.29) is 36.3 Å². The molecule has 0 saturated heterocycles. The largest absolute Gasteiger partial charge is 0.492 e. The SMILES string of the molecule is C=C[C@]1(C)C[C@@H](C(Oc2ccc3c(c2)B(O)OC3CNS(C)(=O)=O)C(=O)O)[C@@]2(C)[C@H](C)CC[C@]3(CCC(=O)[C@H]32)[C@@H](C)[C@@H]1O. The van der Waals surface area contributed by atoms with Gasteiger partial charge in [0, 0.05) is 30.2 Å². The second-order valence-electron chi connectivity index (χ2n) is 14.0. The normalized spacial score (nSPS) is 39.8. The van der Waals surface area contributed by atoms with Crippen LogP contribution in [-0.2, 0) is 24.3 Å². The van der Waals surface area contributed by atoms with E-state index < -0.39 is 69.5 Å². The summed E-state index contributed by atoms with van der Waals surface area (Å²) in [6.07, 6.45) is 2.81. The number of benzene rings is 1. The van der Waals surface area contributed by atoms with Gasteiger partial charge < -0.3 is 24.6 Å². The van der Waals surface area contributed by atoms with E-state index in [9.17, 15) is 33.2 Å². The third-order valence-electron chi connectivity index (χ3n) is 11.8. The predicted octanol–water partition coefficient (Wildman–Crippen LogP) is 2.44. The maximum absolute atomic E-state index is 13.7. The Morgan fingerprint density at radius 1 is 1.30 bits per heavy atom. The van der Waals surface area contributed by atoms with Crippen molar-refractivity contribution >= 4 is 34.4 Å². The van der Waals surface area contributed by atoms with Gasteiger partial charge in [-0.2, -0.15) is 0 Å². The summed E-state index contributed by atoms with van der Waals surface area (Å²) in [4.78, 5) is 26.9. The van der Waals surface area contributed by atoms with Crippen LogP contribution >= 0.6 is 0 Å². The molecule has 3 saturated carbocycles. The van der Waals surface area contributed by atoms with Crippen LogP contribution in [0.15, 0.2) is 30.9 Å². The average molecular weight is 618 g/mol. The van der Waals surface area contributed by atoms with Gasteiger partial charge in [0.15, 0.2) is 6.10 Å². The quantitative estimate of drug-likeness (QED) is 0.254. The lowest BCUT2D eigenvalue weighted by atomic mass is 9.41. The minimum atomic E-state index is -3.48. The van der Waals surface area contributed by atoms with E-state index in [4.69, 9.17) is 9.39 Å². The highest BCUT2D eigenvalue weighted by Gasteiger charge is 2.69. The molecule has 236 valence electrons. The standard InChI is InChI=1S/C31H44BNO9S/c1-7-29(4)15-21(30(5)17(2)10-12-31(18(3)27(29)35)13-11-23(34)26(30)31)25(28(36)37)41-19-8-9-20-22(14-19)32(38)42-24(20)16-33-43(6,39)40/h7-9,14,17-18,21,24-27,33,35,38H,1,10-13,15-16H2,2-6H3,(H,36,37)/t17-,18+,21+,24?,25?,26+,27+,29-,30-,31+/m1/s1. The Balaban J connectivity index is 1.56. The van der Waals surface area contributed by atoms with E-state index in [0.29, 0.717) is 23.9 Å². The van der Waals surface area contributed by atoms with Crippen LogP contribution in [0.2, 0.25) is 0 Å². The molecule has 43 heavy (non-hydrogen) atoms. The highest BCUT2D eigenvalue weighted by Crippen LogP contribution is 2.69. The molecule has 10 atom stereocenters. The maximum Gasteiger partial charge on any atom is 0.492 e. The van der Waals surface area contributed by atoms with E-state index >= 15 is 0 Å². The van der Waals surface area contributed by atoms with Gasteiger partial charge in [-0.3, -0.25) is 4.79 Å². The number of aliphatic hydroxyl groups is 1. The predicted molar refractivity (Wildman–Crippen MR) is 161 cm³/mol. The summed E-state index contributed by atoms with van der Waals surface area (Å²) in [5, 5.41) is 33.1. The summed E-state index contributed by atoms with van der Waals surface area (Å²) < 4.78 is 37.4. The first-order chi connectivity index (χ1) is 20.0. The molecular formula is C31H44BNO9S. The molecule has 2 unspecified atom stereocenters. The van der Waals surface area contributed by atoms with Gasteiger partial charge in [-0.25, -0.2) is 17.9 Å². The maximum atomic E-state index is 13.7. The Bertz CT molecular complexity index is 1420. The molecule has 1 aromatic carbocycles. The average Bonchev–Trinajstić information content (AvgIpc) is 3.46. The van der Waals surface area contributed by atoms with Gasteiger partial charge in [-0.05, 0) is 71.5 Å². The number of carboxylic acid groups (broad SMARTS) is 1. The van der Waals surface area contributed by atoms with Crippen molar-refractivity contribution in [2.24, 2.45) is 39.9 Å². The lowest BCUT2D eigenvalue weighted by Gasteiger charge is -2.63. The monoisotopic (exact) mass is 617 g/mol. The number of aliphatic carboxylic acids is 1.